The highest BCUT2D eigenvalue weighted by Crippen LogP contribution is 2.41. The Kier molecular flexibility index (Phi) is 16.4. The van der Waals surface area contributed by atoms with E-state index in [4.69, 9.17) is 42.1 Å². The first-order chi connectivity index (χ1) is 34.0. The molecule has 71 heavy (non-hydrogen) atoms. The quantitative estimate of drug-likeness (QED) is 0.0914. The SMILES string of the molecule is Cc1ccsc1-c1ccc([C@H](C)NC(=O)[C@@H]2C[C@@H](O)CN2C(=O)[C@@H](NC(=O)COCC(=O)N2CCN(c3ccc(OC[C@H]4CO[C@](Cn5ccnc5)(c5ccc(Cl)cc5Cl)O4)cc3)CC2)C(C)(C)C)cc1. The van der Waals surface area contributed by atoms with Crippen LogP contribution >= 0.6 is 34.5 Å². The van der Waals surface area contributed by atoms with E-state index in [0.717, 1.165) is 16.8 Å². The number of thiophene rings is 1. The number of carbonyl (C=O) groups is 4. The van der Waals surface area contributed by atoms with Crippen LogP contribution in [0.25, 0.3) is 10.4 Å². The highest BCUT2D eigenvalue weighted by Gasteiger charge is 2.46. The molecule has 378 valence electrons. The summed E-state index contributed by atoms with van der Waals surface area (Å²) in [6.45, 7) is 11.5. The number of nitrogens with zero attached hydrogens (tertiary/aromatic N) is 5. The number of nitrogens with one attached hydrogen (secondary N) is 2. The van der Waals surface area contributed by atoms with E-state index in [1.54, 1.807) is 40.9 Å². The Hall–Kier alpha value is -5.53. The van der Waals surface area contributed by atoms with Gasteiger partial charge < -0.3 is 54.0 Å². The van der Waals surface area contributed by atoms with Crippen molar-refractivity contribution >= 4 is 63.9 Å². The number of hydrogen-bond acceptors (Lipinski definition) is 12. The monoisotopic (exact) mass is 1030 g/mol. The van der Waals surface area contributed by atoms with Crippen LogP contribution in [-0.2, 0) is 45.7 Å². The molecule has 3 N–H and O–H groups in total. The Bertz CT molecular complexity index is 2640. The summed E-state index contributed by atoms with van der Waals surface area (Å²) in [5.41, 5.74) is 4.08. The van der Waals surface area contributed by atoms with Crippen LogP contribution in [0.5, 0.6) is 5.75 Å². The van der Waals surface area contributed by atoms with E-state index >= 15 is 0 Å². The number of aliphatic hydroxyl groups is 1. The number of aryl methyl sites for hydroxylation is 1. The Labute approximate surface area is 428 Å². The second-order valence-corrected chi connectivity index (χ2v) is 21.1. The topological polar surface area (TPSA) is 177 Å². The lowest BCUT2D eigenvalue weighted by Gasteiger charge is -2.36. The van der Waals surface area contributed by atoms with Crippen molar-refractivity contribution < 1.29 is 43.2 Å². The maximum absolute atomic E-state index is 14.1. The Morgan fingerprint density at radius 1 is 0.972 bits per heavy atom. The van der Waals surface area contributed by atoms with E-state index in [1.165, 1.54) is 15.3 Å². The molecule has 5 aromatic rings. The smallest absolute Gasteiger partial charge is 0.248 e. The average molecular weight is 1030 g/mol. The molecule has 19 heteroatoms. The summed E-state index contributed by atoms with van der Waals surface area (Å²) in [4.78, 5) is 64.9. The van der Waals surface area contributed by atoms with Crippen molar-refractivity contribution in [2.24, 2.45) is 5.41 Å². The van der Waals surface area contributed by atoms with Crippen molar-refractivity contribution in [3.05, 3.63) is 124 Å². The number of amides is 4. The van der Waals surface area contributed by atoms with Crippen LogP contribution in [0.4, 0.5) is 5.69 Å². The van der Waals surface area contributed by atoms with Crippen LogP contribution in [0.3, 0.4) is 0 Å². The molecule has 3 aromatic carbocycles. The number of likely N-dealkylation sites (tertiary alicyclic amines) is 1. The number of carbonyl (C=O) groups excluding carboxylic acids is 4. The van der Waals surface area contributed by atoms with Crippen LogP contribution < -0.4 is 20.3 Å². The predicted octanol–water partition coefficient (Wildman–Crippen LogP) is 6.61. The van der Waals surface area contributed by atoms with E-state index in [-0.39, 0.29) is 56.7 Å². The van der Waals surface area contributed by atoms with Crippen LogP contribution in [0, 0.1) is 12.3 Å². The maximum Gasteiger partial charge on any atom is 0.248 e. The predicted molar refractivity (Wildman–Crippen MR) is 271 cm³/mol. The fourth-order valence-electron chi connectivity index (χ4n) is 9.16. The molecule has 5 heterocycles. The number of benzene rings is 3. The van der Waals surface area contributed by atoms with Gasteiger partial charge in [0, 0.05) is 72.7 Å². The molecule has 2 aromatic heterocycles. The molecule has 8 rings (SSSR count). The Balaban J connectivity index is 0.766. The minimum absolute atomic E-state index is 0.0495. The number of rotatable bonds is 17. The fourth-order valence-corrected chi connectivity index (χ4v) is 10.6. The fraction of sp³-hybridized carbons (Fsp3) is 0.442. The number of β-amino-alcohol motifs (C(OH)–C–C–N with tert-alkyl or cyclic N) is 1. The molecule has 0 radical (unpaired) electrons. The van der Waals surface area contributed by atoms with Crippen molar-refractivity contribution in [2.45, 2.75) is 83.7 Å². The van der Waals surface area contributed by atoms with E-state index in [1.807, 2.05) is 93.1 Å². The number of aliphatic hydroxyl groups excluding tert-OH is 1. The molecule has 3 fully saturated rings. The second-order valence-electron chi connectivity index (χ2n) is 19.4. The number of piperazine rings is 1. The number of anilines is 1. The van der Waals surface area contributed by atoms with Gasteiger partial charge in [-0.1, -0.05) is 74.3 Å². The lowest BCUT2D eigenvalue weighted by molar-refractivity contribution is -0.189. The summed E-state index contributed by atoms with van der Waals surface area (Å²) in [5, 5.41) is 19.5. The number of aromatic nitrogens is 2. The average Bonchev–Trinajstić information content (AvgIpc) is 4.19. The van der Waals surface area contributed by atoms with E-state index in [2.05, 4.69) is 38.9 Å². The van der Waals surface area contributed by atoms with Crippen molar-refractivity contribution in [3.8, 4) is 16.2 Å². The van der Waals surface area contributed by atoms with Gasteiger partial charge in [0.1, 0.15) is 43.8 Å². The highest BCUT2D eigenvalue weighted by atomic mass is 35.5. The third-order valence-electron chi connectivity index (χ3n) is 13.1. The largest absolute Gasteiger partial charge is 0.491 e. The molecule has 6 atom stereocenters. The summed E-state index contributed by atoms with van der Waals surface area (Å²) < 4.78 is 26.4. The van der Waals surface area contributed by atoms with Gasteiger partial charge in [-0.15, -0.1) is 11.3 Å². The zero-order chi connectivity index (χ0) is 50.5. The maximum atomic E-state index is 14.1. The van der Waals surface area contributed by atoms with Crippen molar-refractivity contribution in [1.82, 2.24) is 30.0 Å². The Morgan fingerprint density at radius 2 is 1.72 bits per heavy atom. The first-order valence-corrected chi connectivity index (χ1v) is 25.4. The van der Waals surface area contributed by atoms with Gasteiger partial charge in [-0.3, -0.25) is 19.2 Å². The van der Waals surface area contributed by atoms with Gasteiger partial charge in [0.15, 0.2) is 0 Å². The standard InChI is InChI=1S/C52H61Cl2N7O9S/c1-33-16-23-71-47(33)36-8-6-35(7-9-36)34(2)56-49(65)44-25-39(62)26-61(44)50(66)48(51(3,4)5)57-45(63)29-67-30-46(64)60-21-19-59(20-22-60)38-11-13-40(14-12-38)68-27-41-28-69-52(70-41,31-58-18-17-55-32-58)42-15-10-37(53)24-43(42)54/h6-18,23-24,32,34,39,41,44,48,62H,19-22,25-31H2,1-5H3,(H,56,65)(H,57,63)/t34-,39+,41-,44-,48+,52-/m0/s1. The molecule has 0 bridgehead atoms. The third-order valence-corrected chi connectivity index (χ3v) is 14.7. The molecule has 4 amide bonds. The summed E-state index contributed by atoms with van der Waals surface area (Å²) in [6.07, 6.45) is 3.99. The zero-order valence-electron chi connectivity index (χ0n) is 40.5. The van der Waals surface area contributed by atoms with Crippen LogP contribution in [0.1, 0.15) is 56.8 Å². The molecule has 16 nitrogen and oxygen atoms in total. The number of imidazole rings is 1. The summed E-state index contributed by atoms with van der Waals surface area (Å²) in [5.74, 6) is -2.20. The molecular weight excluding hydrogens is 970 g/mol. The van der Waals surface area contributed by atoms with Crippen molar-refractivity contribution in [2.75, 3.05) is 64.1 Å². The van der Waals surface area contributed by atoms with Gasteiger partial charge in [0.25, 0.3) is 0 Å². The third kappa shape index (κ3) is 12.6. The molecule has 0 aliphatic carbocycles. The number of hydrogen-bond donors (Lipinski definition) is 3. The minimum Gasteiger partial charge on any atom is -0.491 e. The van der Waals surface area contributed by atoms with Crippen LogP contribution in [0.2, 0.25) is 10.0 Å². The zero-order valence-corrected chi connectivity index (χ0v) is 42.8. The van der Waals surface area contributed by atoms with Crippen LogP contribution in [0.15, 0.2) is 96.9 Å². The summed E-state index contributed by atoms with van der Waals surface area (Å²) in [7, 11) is 0. The van der Waals surface area contributed by atoms with Gasteiger partial charge in [-0.05, 0) is 83.8 Å². The van der Waals surface area contributed by atoms with Crippen LogP contribution in [-0.4, -0.2) is 132 Å². The lowest BCUT2D eigenvalue weighted by Crippen LogP contribution is -2.58. The second kappa shape index (κ2) is 22.5. The first-order valence-electron chi connectivity index (χ1n) is 23.8. The molecule has 0 spiro atoms. The lowest BCUT2D eigenvalue weighted by atomic mass is 9.85. The van der Waals surface area contributed by atoms with Crippen molar-refractivity contribution in [1.29, 1.82) is 0 Å². The van der Waals surface area contributed by atoms with E-state index in [0.29, 0.717) is 54.1 Å². The van der Waals surface area contributed by atoms with Crippen molar-refractivity contribution in [3.63, 3.8) is 0 Å². The van der Waals surface area contributed by atoms with Gasteiger partial charge in [0.05, 0.1) is 36.6 Å². The molecular formula is C52H61Cl2N7O9S. The summed E-state index contributed by atoms with van der Waals surface area (Å²) in [6, 6.07) is 20.7. The van der Waals surface area contributed by atoms with Gasteiger partial charge in [0.2, 0.25) is 29.4 Å². The van der Waals surface area contributed by atoms with E-state index in [9.17, 15) is 24.3 Å². The normalized spacial score (nSPS) is 21.2. The van der Waals surface area contributed by atoms with Gasteiger partial charge >= 0.3 is 0 Å². The Morgan fingerprint density at radius 3 is 2.38 bits per heavy atom. The molecule has 3 aliphatic heterocycles. The van der Waals surface area contributed by atoms with Gasteiger partial charge in [-0.2, -0.15) is 0 Å². The minimum atomic E-state index is -1.16. The molecule has 3 saturated heterocycles. The molecule has 3 aliphatic rings. The first kappa shape index (κ1) is 51.8. The number of ether oxygens (including phenoxy) is 4. The molecule has 0 saturated carbocycles. The van der Waals surface area contributed by atoms with E-state index < -0.39 is 47.8 Å². The van der Waals surface area contributed by atoms with Gasteiger partial charge in [-0.25, -0.2) is 4.98 Å². The summed E-state index contributed by atoms with van der Waals surface area (Å²) >= 11 is 14.5. The molecule has 0 unspecified atom stereocenters. The highest BCUT2D eigenvalue weighted by molar-refractivity contribution is 7.13. The number of halogens is 2.